The highest BCUT2D eigenvalue weighted by Gasteiger charge is 2.45. The Morgan fingerprint density at radius 3 is 2.22 bits per heavy atom. The Hall–Kier alpha value is -1.60. The second-order valence-corrected chi connectivity index (χ2v) is 12.0. The van der Waals surface area contributed by atoms with Crippen LogP contribution in [0.3, 0.4) is 0 Å². The van der Waals surface area contributed by atoms with E-state index in [9.17, 15) is 0 Å². The largest absolute Gasteiger partial charge is 0.113 e. The van der Waals surface area contributed by atoms with Gasteiger partial charge in [0.25, 0.3) is 0 Å². The number of hydrogen-bond acceptors (Lipinski definition) is 0. The SMILES string of the molecule is CCC1=C2c3c(ccc(c3-c3ccc(C(C)C)cc3)[Si]2(C)C)[CH]1. The molecular weight excluding hydrogens is 292 g/mol. The van der Waals surface area contributed by atoms with Crippen LogP contribution in [0.2, 0.25) is 13.1 Å². The van der Waals surface area contributed by atoms with E-state index in [1.807, 2.05) is 0 Å². The highest BCUT2D eigenvalue weighted by Crippen LogP contribution is 2.50. The number of allylic oxidation sites excluding steroid dienone is 1. The standard InChI is InChI=1S/C22H25Si/c1-6-15-13-18-11-12-19-20(21(18)22(15)23(19,4)5)17-9-7-16(8-10-17)14(2)3/h7-14H,6H2,1-5H3. The Labute approximate surface area is 141 Å². The molecule has 4 rings (SSSR count). The maximum atomic E-state index is 2.52. The molecule has 0 saturated carbocycles. The van der Waals surface area contributed by atoms with E-state index >= 15 is 0 Å². The first-order chi connectivity index (χ1) is 10.9. The molecule has 23 heavy (non-hydrogen) atoms. The van der Waals surface area contributed by atoms with Crippen molar-refractivity contribution in [2.24, 2.45) is 0 Å². The van der Waals surface area contributed by atoms with Crippen LogP contribution in [0.4, 0.5) is 0 Å². The van der Waals surface area contributed by atoms with Crippen molar-refractivity contribution in [3.63, 3.8) is 0 Å². The Kier molecular flexibility index (Phi) is 3.22. The van der Waals surface area contributed by atoms with E-state index < -0.39 is 8.07 Å². The van der Waals surface area contributed by atoms with Crippen LogP contribution in [-0.4, -0.2) is 8.07 Å². The Bertz CT molecular complexity index is 820. The van der Waals surface area contributed by atoms with Gasteiger partial charge in [-0.25, -0.2) is 0 Å². The smallest absolute Gasteiger partial charge is 0.0617 e. The van der Waals surface area contributed by atoms with Gasteiger partial charge in [-0.15, -0.1) is 0 Å². The molecule has 0 nitrogen and oxygen atoms in total. The van der Waals surface area contributed by atoms with Crippen molar-refractivity contribution in [2.75, 3.05) is 0 Å². The van der Waals surface area contributed by atoms with Gasteiger partial charge < -0.3 is 0 Å². The topological polar surface area (TPSA) is 0 Å². The lowest BCUT2D eigenvalue weighted by Crippen LogP contribution is -2.39. The second-order valence-electron chi connectivity index (χ2n) is 7.75. The molecule has 1 aliphatic heterocycles. The highest BCUT2D eigenvalue weighted by molar-refractivity contribution is 7.07. The second kappa shape index (κ2) is 4.94. The molecule has 0 unspecified atom stereocenters. The Balaban J connectivity index is 1.95. The molecule has 0 amide bonds. The normalized spacial score (nSPS) is 17.5. The quantitative estimate of drug-likeness (QED) is 0.639. The zero-order valence-corrected chi connectivity index (χ0v) is 15.8. The van der Waals surface area contributed by atoms with E-state index in [1.165, 1.54) is 22.3 Å². The van der Waals surface area contributed by atoms with E-state index in [0.717, 1.165) is 6.42 Å². The van der Waals surface area contributed by atoms with Gasteiger partial charge in [-0.2, -0.15) is 0 Å². The minimum Gasteiger partial charge on any atom is -0.0617 e. The van der Waals surface area contributed by atoms with E-state index in [2.05, 4.69) is 76.7 Å². The van der Waals surface area contributed by atoms with Crippen LogP contribution in [0, 0.1) is 6.42 Å². The van der Waals surface area contributed by atoms with Crippen molar-refractivity contribution < 1.29 is 0 Å². The summed E-state index contributed by atoms with van der Waals surface area (Å²) in [5.74, 6) is 0.594. The van der Waals surface area contributed by atoms with Crippen molar-refractivity contribution in [1.82, 2.24) is 0 Å². The number of hydrogen-bond donors (Lipinski definition) is 0. The molecule has 2 bridgehead atoms. The first-order valence-corrected chi connectivity index (χ1v) is 11.8. The zero-order chi connectivity index (χ0) is 16.4. The molecule has 1 radical (unpaired) electrons. The molecule has 2 aliphatic rings. The van der Waals surface area contributed by atoms with Gasteiger partial charge >= 0.3 is 0 Å². The molecule has 0 spiro atoms. The first kappa shape index (κ1) is 15.0. The van der Waals surface area contributed by atoms with Gasteiger partial charge in [0.2, 0.25) is 0 Å². The number of benzene rings is 2. The molecule has 0 fully saturated rings. The monoisotopic (exact) mass is 317 g/mol. The summed E-state index contributed by atoms with van der Waals surface area (Å²) < 4.78 is 0. The van der Waals surface area contributed by atoms with E-state index in [1.54, 1.807) is 21.5 Å². The fraction of sp³-hybridized carbons (Fsp3) is 0.318. The number of rotatable bonds is 3. The average Bonchev–Trinajstić information content (AvgIpc) is 2.99. The summed E-state index contributed by atoms with van der Waals surface area (Å²) in [5.41, 5.74) is 8.96. The third-order valence-corrected chi connectivity index (χ3v) is 9.27. The van der Waals surface area contributed by atoms with Gasteiger partial charge in [0.15, 0.2) is 0 Å². The van der Waals surface area contributed by atoms with Crippen LogP contribution < -0.4 is 5.19 Å². The van der Waals surface area contributed by atoms with Crippen LogP contribution in [0.5, 0.6) is 0 Å². The van der Waals surface area contributed by atoms with Crippen LogP contribution in [0.15, 0.2) is 42.0 Å². The van der Waals surface area contributed by atoms with Gasteiger partial charge in [0.1, 0.15) is 8.07 Å². The van der Waals surface area contributed by atoms with Crippen LogP contribution in [-0.2, 0) is 0 Å². The average molecular weight is 318 g/mol. The lowest BCUT2D eigenvalue weighted by Gasteiger charge is -2.21. The van der Waals surface area contributed by atoms with Crippen molar-refractivity contribution in [1.29, 1.82) is 0 Å². The number of fused-ring (bicyclic) bond motifs is 1. The van der Waals surface area contributed by atoms with Crippen molar-refractivity contribution in [2.45, 2.75) is 46.2 Å². The lowest BCUT2D eigenvalue weighted by atomic mass is 9.94. The summed E-state index contributed by atoms with van der Waals surface area (Å²) in [5, 5.41) is 3.33. The van der Waals surface area contributed by atoms with Gasteiger partial charge in [-0.05, 0) is 50.5 Å². The third-order valence-electron chi connectivity index (χ3n) is 5.68. The molecule has 2 aromatic rings. The molecule has 2 aromatic carbocycles. The molecule has 1 aliphatic carbocycles. The van der Waals surface area contributed by atoms with Crippen LogP contribution >= 0.6 is 0 Å². The molecule has 0 saturated heterocycles. The van der Waals surface area contributed by atoms with Crippen molar-refractivity contribution >= 4 is 18.5 Å². The van der Waals surface area contributed by atoms with E-state index in [-0.39, 0.29) is 0 Å². The highest BCUT2D eigenvalue weighted by atomic mass is 28.3. The van der Waals surface area contributed by atoms with Crippen molar-refractivity contribution in [3.05, 3.63) is 65.1 Å². The summed E-state index contributed by atoms with van der Waals surface area (Å²) in [6, 6.07) is 14.1. The summed E-state index contributed by atoms with van der Waals surface area (Å²) in [6.07, 6.45) is 3.59. The van der Waals surface area contributed by atoms with Crippen LogP contribution in [0.1, 0.15) is 49.8 Å². The predicted octanol–water partition coefficient (Wildman–Crippen LogP) is 5.67. The maximum absolute atomic E-state index is 2.52. The Morgan fingerprint density at radius 2 is 1.61 bits per heavy atom. The van der Waals surface area contributed by atoms with Gasteiger partial charge in [-0.1, -0.05) is 75.8 Å². The van der Waals surface area contributed by atoms with Crippen molar-refractivity contribution in [3.8, 4) is 11.1 Å². The van der Waals surface area contributed by atoms with Gasteiger partial charge in [0.05, 0.1) is 0 Å². The fourth-order valence-electron chi connectivity index (χ4n) is 4.41. The molecule has 1 heteroatoms. The summed E-state index contributed by atoms with van der Waals surface area (Å²) in [4.78, 5) is 0. The maximum Gasteiger partial charge on any atom is 0.113 e. The van der Waals surface area contributed by atoms with Gasteiger partial charge in [0, 0.05) is 6.42 Å². The van der Waals surface area contributed by atoms with E-state index in [0.29, 0.717) is 5.92 Å². The molecular formula is C22H25Si. The van der Waals surface area contributed by atoms with Gasteiger partial charge in [-0.3, -0.25) is 0 Å². The predicted molar refractivity (Wildman–Crippen MR) is 104 cm³/mol. The molecule has 117 valence electrons. The first-order valence-electron chi connectivity index (χ1n) is 8.81. The molecule has 0 atom stereocenters. The lowest BCUT2D eigenvalue weighted by molar-refractivity contribution is 0.867. The summed E-state index contributed by atoms with van der Waals surface area (Å²) in [7, 11) is -1.54. The zero-order valence-electron chi connectivity index (χ0n) is 14.8. The summed E-state index contributed by atoms with van der Waals surface area (Å²) >= 11 is 0. The minimum atomic E-state index is -1.54. The summed E-state index contributed by atoms with van der Waals surface area (Å²) in [6.45, 7) is 11.9. The molecule has 1 heterocycles. The van der Waals surface area contributed by atoms with E-state index in [4.69, 9.17) is 0 Å². The third kappa shape index (κ3) is 1.96. The minimum absolute atomic E-state index is 0.594. The Morgan fingerprint density at radius 1 is 0.913 bits per heavy atom. The molecule has 0 N–H and O–H groups in total. The van der Waals surface area contributed by atoms with Crippen LogP contribution in [0.25, 0.3) is 16.3 Å². The fourth-order valence-corrected chi connectivity index (χ4v) is 8.02. The molecule has 0 aromatic heterocycles.